The van der Waals surface area contributed by atoms with Crippen molar-refractivity contribution in [3.8, 4) is 0 Å². The van der Waals surface area contributed by atoms with E-state index in [-0.39, 0.29) is 38.9 Å². The summed E-state index contributed by atoms with van der Waals surface area (Å²) in [7, 11) is 0. The number of ether oxygens (including phenoxy) is 1. The molecule has 1 aliphatic heterocycles. The van der Waals surface area contributed by atoms with Crippen molar-refractivity contribution in [2.75, 3.05) is 18.4 Å². The Kier molecular flexibility index (Phi) is 9.98. The lowest BCUT2D eigenvalue weighted by atomic mass is 10.0. The van der Waals surface area contributed by atoms with Gasteiger partial charge in [0.15, 0.2) is 5.69 Å². The molecule has 1 fully saturated rings. The van der Waals surface area contributed by atoms with Gasteiger partial charge in [-0.3, -0.25) is 14.4 Å². The van der Waals surface area contributed by atoms with E-state index in [1.54, 1.807) is 40.7 Å². The number of alkyl carbamates (subject to hydrolysis) is 1. The molecule has 0 radical (unpaired) electrons. The molecule has 39 heavy (non-hydrogen) atoms. The van der Waals surface area contributed by atoms with Gasteiger partial charge in [-0.25, -0.2) is 9.48 Å². The second-order valence-electron chi connectivity index (χ2n) is 10.6. The highest BCUT2D eigenvalue weighted by atomic mass is 35.5. The van der Waals surface area contributed by atoms with E-state index in [1.165, 1.54) is 18.3 Å². The molecule has 13 heteroatoms. The van der Waals surface area contributed by atoms with Crippen molar-refractivity contribution in [1.29, 1.82) is 0 Å². The fraction of sp³-hybridized carbons (Fsp3) is 0.500. The fourth-order valence-electron chi connectivity index (χ4n) is 3.96. The summed E-state index contributed by atoms with van der Waals surface area (Å²) < 4.78 is 6.23. The highest BCUT2D eigenvalue weighted by molar-refractivity contribution is 6.40. The molecule has 1 aromatic heterocycles. The summed E-state index contributed by atoms with van der Waals surface area (Å²) >= 11 is 12.4. The monoisotopic (exact) mass is 580 g/mol. The number of halogens is 2. The molecule has 0 aliphatic carbocycles. The van der Waals surface area contributed by atoms with E-state index < -0.39 is 35.5 Å². The molecule has 3 amide bonds. The Hall–Kier alpha value is -3.15. The lowest BCUT2D eigenvalue weighted by Gasteiger charge is -2.24. The van der Waals surface area contributed by atoms with E-state index in [9.17, 15) is 19.2 Å². The van der Waals surface area contributed by atoms with Crippen molar-refractivity contribution in [3.63, 3.8) is 0 Å². The molecule has 11 nitrogen and oxygen atoms in total. The summed E-state index contributed by atoms with van der Waals surface area (Å²) in [5, 5.41) is 15.8. The van der Waals surface area contributed by atoms with E-state index in [4.69, 9.17) is 27.9 Å². The zero-order valence-electron chi connectivity index (χ0n) is 22.6. The van der Waals surface area contributed by atoms with Crippen LogP contribution in [0, 0.1) is 5.92 Å². The van der Waals surface area contributed by atoms with E-state index in [0.29, 0.717) is 0 Å². The third-order valence-electron chi connectivity index (χ3n) is 5.87. The first kappa shape index (κ1) is 30.4. The highest BCUT2D eigenvalue weighted by Crippen LogP contribution is 2.26. The maximum absolute atomic E-state index is 13.5. The number of hydrogen-bond acceptors (Lipinski definition) is 7. The Balaban J connectivity index is 1.93. The number of piperidine rings is 1. The number of carbonyl (C=O) groups is 4. The summed E-state index contributed by atoms with van der Waals surface area (Å²) in [6, 6.07) is 3.49. The van der Waals surface area contributed by atoms with Crippen LogP contribution in [0.1, 0.15) is 73.1 Å². The number of hydrogen-bond donors (Lipinski definition) is 4. The number of benzene rings is 1. The molecule has 0 saturated carbocycles. The number of nitrogens with one attached hydrogen (secondary N) is 4. The first-order valence-corrected chi connectivity index (χ1v) is 13.4. The molecule has 212 valence electrons. The fourth-order valence-corrected chi connectivity index (χ4v) is 4.53. The van der Waals surface area contributed by atoms with Crippen LogP contribution in [0.4, 0.5) is 10.5 Å². The van der Waals surface area contributed by atoms with E-state index >= 15 is 0 Å². The molecule has 0 unspecified atom stereocenters. The Morgan fingerprint density at radius 2 is 1.69 bits per heavy atom. The van der Waals surface area contributed by atoms with Crippen LogP contribution < -0.4 is 21.3 Å². The first-order chi connectivity index (χ1) is 18.3. The van der Waals surface area contributed by atoms with Gasteiger partial charge in [-0.15, -0.1) is 0 Å². The standard InChI is InChI=1S/C26H34Cl2N6O5/c1-14(2)20(32-25(38)39-26(3,4)5)24(37)34-13-18(31-22(35)19-16(27)7-6-8-17(19)28)21(33-34)23(36)30-15-9-11-29-12-10-15/h6-8,13-15,20,29H,9-12H2,1-5H3,(H,30,36)(H,31,35)(H,32,38)/t20-/m0/s1. The highest BCUT2D eigenvalue weighted by Gasteiger charge is 2.31. The van der Waals surface area contributed by atoms with Gasteiger partial charge in [-0.1, -0.05) is 43.1 Å². The molecule has 2 heterocycles. The first-order valence-electron chi connectivity index (χ1n) is 12.7. The van der Waals surface area contributed by atoms with E-state index in [2.05, 4.69) is 26.4 Å². The minimum atomic E-state index is -1.03. The minimum Gasteiger partial charge on any atom is -0.444 e. The molecule has 1 aliphatic rings. The lowest BCUT2D eigenvalue weighted by molar-refractivity contribution is 0.0461. The number of amides is 3. The molecule has 1 saturated heterocycles. The normalized spacial score (nSPS) is 15.0. The SMILES string of the molecule is CC(C)[C@H](NC(=O)OC(C)(C)C)C(=O)n1cc(NC(=O)c2c(Cl)cccc2Cl)c(C(=O)NC2CCNCC2)n1. The predicted molar refractivity (Wildman–Crippen MR) is 149 cm³/mol. The Bertz CT molecular complexity index is 1210. The summed E-state index contributed by atoms with van der Waals surface area (Å²) in [5.41, 5.74) is -0.942. The minimum absolute atomic E-state index is 0.0104. The molecule has 4 N–H and O–H groups in total. The van der Waals surface area contributed by atoms with E-state index in [0.717, 1.165) is 30.6 Å². The molecular formula is C26H34Cl2N6O5. The average molecular weight is 582 g/mol. The van der Waals surface area contributed by atoms with Crippen LogP contribution in [0.5, 0.6) is 0 Å². The largest absolute Gasteiger partial charge is 0.444 e. The van der Waals surface area contributed by atoms with Crippen molar-refractivity contribution in [3.05, 3.63) is 45.7 Å². The lowest BCUT2D eigenvalue weighted by Crippen LogP contribution is -2.48. The second-order valence-corrected chi connectivity index (χ2v) is 11.4. The van der Waals surface area contributed by atoms with Gasteiger partial charge >= 0.3 is 6.09 Å². The smallest absolute Gasteiger partial charge is 0.408 e. The molecule has 1 aromatic carbocycles. The zero-order valence-corrected chi connectivity index (χ0v) is 24.1. The van der Waals surface area contributed by atoms with Gasteiger partial charge < -0.3 is 26.0 Å². The maximum Gasteiger partial charge on any atom is 0.408 e. The second kappa shape index (κ2) is 12.8. The molecule has 0 bridgehead atoms. The topological polar surface area (TPSA) is 143 Å². The Morgan fingerprint density at radius 3 is 2.26 bits per heavy atom. The summed E-state index contributed by atoms with van der Waals surface area (Å²) in [4.78, 5) is 52.2. The van der Waals surface area contributed by atoms with Gasteiger partial charge in [0.1, 0.15) is 11.6 Å². The van der Waals surface area contributed by atoms with Crippen LogP contribution in [-0.2, 0) is 4.74 Å². The quantitative estimate of drug-likeness (QED) is 0.385. The Labute approximate surface area is 237 Å². The van der Waals surface area contributed by atoms with Gasteiger partial charge in [0.2, 0.25) is 0 Å². The van der Waals surface area contributed by atoms with Crippen molar-refractivity contribution in [2.24, 2.45) is 5.92 Å². The van der Waals surface area contributed by atoms with Crippen molar-refractivity contribution < 1.29 is 23.9 Å². The van der Waals surface area contributed by atoms with Crippen LogP contribution in [0.15, 0.2) is 24.4 Å². The van der Waals surface area contributed by atoms with Gasteiger partial charge in [0.25, 0.3) is 17.7 Å². The van der Waals surface area contributed by atoms with Crippen LogP contribution in [0.3, 0.4) is 0 Å². The maximum atomic E-state index is 13.5. The number of carbonyl (C=O) groups excluding carboxylic acids is 4. The summed E-state index contributed by atoms with van der Waals surface area (Å²) in [6.07, 6.45) is 1.90. The Morgan fingerprint density at radius 1 is 1.08 bits per heavy atom. The molecular weight excluding hydrogens is 547 g/mol. The predicted octanol–water partition coefficient (Wildman–Crippen LogP) is 4.11. The number of nitrogens with zero attached hydrogens (tertiary/aromatic N) is 2. The van der Waals surface area contributed by atoms with Crippen molar-refractivity contribution in [2.45, 2.75) is 65.1 Å². The van der Waals surface area contributed by atoms with Crippen LogP contribution in [0.2, 0.25) is 10.0 Å². The summed E-state index contributed by atoms with van der Waals surface area (Å²) in [5.74, 6) is -2.21. The average Bonchev–Trinajstić information content (AvgIpc) is 3.25. The van der Waals surface area contributed by atoms with Crippen molar-refractivity contribution in [1.82, 2.24) is 25.7 Å². The van der Waals surface area contributed by atoms with Gasteiger partial charge in [0, 0.05) is 6.04 Å². The van der Waals surface area contributed by atoms with Gasteiger partial charge in [-0.05, 0) is 64.8 Å². The van der Waals surface area contributed by atoms with Crippen LogP contribution in [0.25, 0.3) is 0 Å². The molecule has 1 atom stereocenters. The van der Waals surface area contributed by atoms with Crippen LogP contribution in [-0.4, -0.2) is 64.4 Å². The third kappa shape index (κ3) is 8.17. The third-order valence-corrected chi connectivity index (χ3v) is 6.50. The van der Waals surface area contributed by atoms with Gasteiger partial charge in [-0.2, -0.15) is 5.10 Å². The molecule has 2 aromatic rings. The van der Waals surface area contributed by atoms with Gasteiger partial charge in [0.05, 0.1) is 27.5 Å². The van der Waals surface area contributed by atoms with E-state index in [1.807, 2.05) is 0 Å². The molecule has 0 spiro atoms. The van der Waals surface area contributed by atoms with Crippen LogP contribution >= 0.6 is 23.2 Å². The molecule has 3 rings (SSSR count). The number of aromatic nitrogens is 2. The number of anilines is 1. The summed E-state index contributed by atoms with van der Waals surface area (Å²) in [6.45, 7) is 10.1. The van der Waals surface area contributed by atoms with Crippen molar-refractivity contribution >= 4 is 52.7 Å². The zero-order chi connectivity index (χ0) is 28.9. The number of rotatable bonds is 7.